The number of rotatable bonds is 6. The summed E-state index contributed by atoms with van der Waals surface area (Å²) in [6.45, 7) is 3.27. The molecule has 1 saturated carbocycles. The van der Waals surface area contributed by atoms with Gasteiger partial charge in [-0.25, -0.2) is 0 Å². The molecule has 1 aliphatic carbocycles. The van der Waals surface area contributed by atoms with Crippen LogP contribution in [-0.4, -0.2) is 43.0 Å². The smallest absolute Gasteiger partial charge is 0.234 e. The molecular weight excluding hydrogens is 214 g/mol. The largest absolute Gasteiger partial charge is 0.352 e. The normalized spacial score (nSPS) is 19.3. The minimum atomic E-state index is 0.156. The Morgan fingerprint density at radius 1 is 1.41 bits per heavy atom. The molecule has 0 aliphatic heterocycles. The fourth-order valence-corrected chi connectivity index (χ4v) is 2.36. The van der Waals surface area contributed by atoms with Gasteiger partial charge in [-0.2, -0.15) is 0 Å². The summed E-state index contributed by atoms with van der Waals surface area (Å²) in [5, 5.41) is 3.13. The van der Waals surface area contributed by atoms with Crippen molar-refractivity contribution in [1.82, 2.24) is 10.2 Å². The molecule has 100 valence electrons. The average Bonchev–Trinajstić information content (AvgIpc) is 2.30. The first-order valence-electron chi connectivity index (χ1n) is 6.83. The fourth-order valence-electron chi connectivity index (χ4n) is 2.36. The standard InChI is InChI=1S/C13H27N3O/c1-11(8-9-14)16(2)10-13(17)15-12-6-4-3-5-7-12/h11-12H,3-10,14H2,1-2H3,(H,15,17). The molecule has 1 aliphatic rings. The van der Waals surface area contributed by atoms with Crippen LogP contribution in [0.2, 0.25) is 0 Å². The number of likely N-dealkylation sites (N-methyl/N-ethyl adjacent to an activating group) is 1. The lowest BCUT2D eigenvalue weighted by Crippen LogP contribution is -2.44. The zero-order chi connectivity index (χ0) is 12.7. The molecule has 4 heteroatoms. The summed E-state index contributed by atoms with van der Waals surface area (Å²) >= 11 is 0. The van der Waals surface area contributed by atoms with Crippen LogP contribution in [-0.2, 0) is 4.79 Å². The van der Waals surface area contributed by atoms with E-state index in [1.54, 1.807) is 0 Å². The van der Waals surface area contributed by atoms with E-state index in [2.05, 4.69) is 17.1 Å². The van der Waals surface area contributed by atoms with E-state index in [0.717, 1.165) is 19.3 Å². The number of nitrogens with one attached hydrogen (secondary N) is 1. The van der Waals surface area contributed by atoms with Gasteiger partial charge in [0.2, 0.25) is 5.91 Å². The molecule has 0 aromatic carbocycles. The van der Waals surface area contributed by atoms with Crippen molar-refractivity contribution >= 4 is 5.91 Å². The fraction of sp³-hybridized carbons (Fsp3) is 0.923. The Morgan fingerprint density at radius 2 is 2.06 bits per heavy atom. The first-order valence-corrected chi connectivity index (χ1v) is 6.83. The van der Waals surface area contributed by atoms with E-state index in [1.807, 2.05) is 7.05 Å². The lowest BCUT2D eigenvalue weighted by molar-refractivity contribution is -0.123. The van der Waals surface area contributed by atoms with E-state index < -0.39 is 0 Å². The molecular formula is C13H27N3O. The van der Waals surface area contributed by atoms with Gasteiger partial charge < -0.3 is 11.1 Å². The van der Waals surface area contributed by atoms with Crippen molar-refractivity contribution in [3.8, 4) is 0 Å². The van der Waals surface area contributed by atoms with Crippen molar-refractivity contribution < 1.29 is 4.79 Å². The van der Waals surface area contributed by atoms with Gasteiger partial charge in [-0.05, 0) is 39.8 Å². The second-order valence-electron chi connectivity index (χ2n) is 5.24. The molecule has 4 nitrogen and oxygen atoms in total. The predicted octanol–water partition coefficient (Wildman–Crippen LogP) is 1.10. The summed E-state index contributed by atoms with van der Waals surface area (Å²) in [4.78, 5) is 13.9. The Balaban J connectivity index is 2.23. The van der Waals surface area contributed by atoms with Gasteiger partial charge in [-0.3, -0.25) is 9.69 Å². The Labute approximate surface area is 105 Å². The van der Waals surface area contributed by atoms with Crippen molar-refractivity contribution in [1.29, 1.82) is 0 Å². The number of nitrogens with zero attached hydrogens (tertiary/aromatic N) is 1. The van der Waals surface area contributed by atoms with Crippen molar-refractivity contribution in [3.63, 3.8) is 0 Å². The zero-order valence-corrected chi connectivity index (χ0v) is 11.2. The highest BCUT2D eigenvalue weighted by Crippen LogP contribution is 2.17. The number of hydrogen-bond donors (Lipinski definition) is 2. The molecule has 1 atom stereocenters. The second-order valence-corrected chi connectivity index (χ2v) is 5.24. The maximum atomic E-state index is 11.8. The zero-order valence-electron chi connectivity index (χ0n) is 11.2. The highest BCUT2D eigenvalue weighted by Gasteiger charge is 2.17. The lowest BCUT2D eigenvalue weighted by Gasteiger charge is -2.27. The van der Waals surface area contributed by atoms with Crippen LogP contribution < -0.4 is 11.1 Å². The molecule has 1 amide bonds. The molecule has 1 fully saturated rings. The minimum Gasteiger partial charge on any atom is -0.352 e. The average molecular weight is 241 g/mol. The monoisotopic (exact) mass is 241 g/mol. The van der Waals surface area contributed by atoms with Crippen LogP contribution >= 0.6 is 0 Å². The van der Waals surface area contributed by atoms with Gasteiger partial charge in [0.15, 0.2) is 0 Å². The first kappa shape index (κ1) is 14.5. The Kier molecular flexibility index (Phi) is 6.52. The third-order valence-electron chi connectivity index (χ3n) is 3.70. The number of carbonyl (C=O) groups excluding carboxylic acids is 1. The second kappa shape index (κ2) is 7.67. The Bertz CT molecular complexity index is 227. The van der Waals surface area contributed by atoms with E-state index in [0.29, 0.717) is 25.2 Å². The van der Waals surface area contributed by atoms with Crippen LogP contribution in [0.4, 0.5) is 0 Å². The summed E-state index contributed by atoms with van der Waals surface area (Å²) in [6, 6.07) is 0.784. The summed E-state index contributed by atoms with van der Waals surface area (Å²) in [7, 11) is 1.99. The summed E-state index contributed by atoms with van der Waals surface area (Å²) < 4.78 is 0. The highest BCUT2D eigenvalue weighted by molar-refractivity contribution is 5.78. The van der Waals surface area contributed by atoms with Crippen molar-refractivity contribution in [3.05, 3.63) is 0 Å². The topological polar surface area (TPSA) is 58.4 Å². The van der Waals surface area contributed by atoms with Crippen molar-refractivity contribution in [2.75, 3.05) is 20.1 Å². The molecule has 0 heterocycles. The molecule has 0 bridgehead atoms. The number of amides is 1. The van der Waals surface area contributed by atoms with E-state index in [4.69, 9.17) is 5.73 Å². The SMILES string of the molecule is CC(CCN)N(C)CC(=O)NC1CCCCC1. The predicted molar refractivity (Wildman–Crippen MR) is 70.8 cm³/mol. The Hall–Kier alpha value is -0.610. The lowest BCUT2D eigenvalue weighted by atomic mass is 9.95. The maximum Gasteiger partial charge on any atom is 0.234 e. The van der Waals surface area contributed by atoms with Crippen molar-refractivity contribution in [2.45, 2.75) is 57.5 Å². The number of carbonyl (C=O) groups is 1. The van der Waals surface area contributed by atoms with Crippen LogP contribution in [0.5, 0.6) is 0 Å². The molecule has 0 radical (unpaired) electrons. The molecule has 0 aromatic heterocycles. The van der Waals surface area contributed by atoms with Gasteiger partial charge in [-0.1, -0.05) is 19.3 Å². The minimum absolute atomic E-state index is 0.156. The number of nitrogens with two attached hydrogens (primary N) is 1. The molecule has 0 saturated heterocycles. The van der Waals surface area contributed by atoms with Crippen LogP contribution in [0.1, 0.15) is 45.4 Å². The third-order valence-corrected chi connectivity index (χ3v) is 3.70. The van der Waals surface area contributed by atoms with E-state index in [-0.39, 0.29) is 5.91 Å². The molecule has 0 aromatic rings. The summed E-state index contributed by atoms with van der Waals surface area (Å²) in [5.74, 6) is 0.156. The van der Waals surface area contributed by atoms with Gasteiger partial charge >= 0.3 is 0 Å². The van der Waals surface area contributed by atoms with Gasteiger partial charge in [0.05, 0.1) is 6.54 Å². The van der Waals surface area contributed by atoms with E-state index >= 15 is 0 Å². The molecule has 3 N–H and O–H groups in total. The molecule has 1 unspecified atom stereocenters. The molecule has 17 heavy (non-hydrogen) atoms. The highest BCUT2D eigenvalue weighted by atomic mass is 16.2. The number of hydrogen-bond acceptors (Lipinski definition) is 3. The van der Waals surface area contributed by atoms with Gasteiger partial charge in [0.1, 0.15) is 0 Å². The van der Waals surface area contributed by atoms with Crippen LogP contribution in [0.25, 0.3) is 0 Å². The maximum absolute atomic E-state index is 11.8. The van der Waals surface area contributed by atoms with Gasteiger partial charge in [0.25, 0.3) is 0 Å². The van der Waals surface area contributed by atoms with Crippen molar-refractivity contribution in [2.24, 2.45) is 5.73 Å². The van der Waals surface area contributed by atoms with Gasteiger partial charge in [-0.15, -0.1) is 0 Å². The summed E-state index contributed by atoms with van der Waals surface area (Å²) in [6.07, 6.45) is 7.06. The van der Waals surface area contributed by atoms with E-state index in [9.17, 15) is 4.79 Å². The third kappa shape index (κ3) is 5.50. The van der Waals surface area contributed by atoms with Crippen LogP contribution in [0, 0.1) is 0 Å². The van der Waals surface area contributed by atoms with Crippen LogP contribution in [0.15, 0.2) is 0 Å². The van der Waals surface area contributed by atoms with Gasteiger partial charge in [0, 0.05) is 12.1 Å². The van der Waals surface area contributed by atoms with E-state index in [1.165, 1.54) is 19.3 Å². The Morgan fingerprint density at radius 3 is 2.65 bits per heavy atom. The first-order chi connectivity index (χ1) is 8.13. The quantitative estimate of drug-likeness (QED) is 0.732. The van der Waals surface area contributed by atoms with Crippen LogP contribution in [0.3, 0.4) is 0 Å². The molecule has 1 rings (SSSR count). The summed E-state index contributed by atoms with van der Waals surface area (Å²) in [5.41, 5.74) is 5.52. The molecule has 0 spiro atoms.